The molecule has 0 radical (unpaired) electrons. The summed E-state index contributed by atoms with van der Waals surface area (Å²) in [5, 5.41) is 15.4. The Hall–Kier alpha value is -4.87. The van der Waals surface area contributed by atoms with E-state index < -0.39 is 28.3 Å². The maximum atomic E-state index is 12.7. The number of nitrogens with one attached hydrogen (secondary N) is 3. The zero-order valence-electron chi connectivity index (χ0n) is 18.5. The number of fused-ring (bicyclic) bond motifs is 1. The summed E-state index contributed by atoms with van der Waals surface area (Å²) < 4.78 is 5.75. The van der Waals surface area contributed by atoms with Gasteiger partial charge in [-0.25, -0.2) is 5.43 Å². The van der Waals surface area contributed by atoms with Crippen LogP contribution in [-0.4, -0.2) is 33.3 Å². The third-order valence-electron chi connectivity index (χ3n) is 5.40. The van der Waals surface area contributed by atoms with Gasteiger partial charge in [0, 0.05) is 41.6 Å². The lowest BCUT2D eigenvalue weighted by Gasteiger charge is -2.13. The minimum Gasteiger partial charge on any atom is -0.455 e. The fourth-order valence-corrected chi connectivity index (χ4v) is 3.75. The zero-order valence-corrected chi connectivity index (χ0v) is 18.5. The fourth-order valence-electron chi connectivity index (χ4n) is 3.75. The number of hydrogen-bond donors (Lipinski definition) is 3. The summed E-state index contributed by atoms with van der Waals surface area (Å²) >= 11 is 0. The number of aromatic nitrogens is 1. The van der Waals surface area contributed by atoms with Crippen molar-refractivity contribution >= 4 is 29.1 Å². The van der Waals surface area contributed by atoms with E-state index in [0.717, 1.165) is 0 Å². The van der Waals surface area contributed by atoms with Gasteiger partial charge in [0.1, 0.15) is 11.3 Å². The second kappa shape index (κ2) is 9.95. The number of carbonyl (C=O) groups excluding carboxylic acids is 3. The highest BCUT2D eigenvalue weighted by Gasteiger charge is 2.29. The lowest BCUT2D eigenvalue weighted by atomic mass is 9.93. The molecule has 2 heterocycles. The fraction of sp³-hybridized carbons (Fsp3) is 0.174. The highest BCUT2D eigenvalue weighted by molar-refractivity contribution is 6.07. The number of aryl methyl sites for hydroxylation is 1. The van der Waals surface area contributed by atoms with Gasteiger partial charge in [0.25, 0.3) is 17.5 Å². The van der Waals surface area contributed by atoms with Crippen LogP contribution in [0, 0.1) is 17.0 Å². The Morgan fingerprint density at radius 1 is 1.03 bits per heavy atom. The molecule has 3 amide bonds. The number of amides is 3. The van der Waals surface area contributed by atoms with Crippen molar-refractivity contribution in [2.45, 2.75) is 26.2 Å². The van der Waals surface area contributed by atoms with Crippen molar-refractivity contribution in [3.63, 3.8) is 0 Å². The summed E-state index contributed by atoms with van der Waals surface area (Å²) in [6.45, 7) is 1.67. The molecule has 0 saturated carbocycles. The number of pyridine rings is 1. The summed E-state index contributed by atoms with van der Waals surface area (Å²) in [6, 6.07) is 8.50. The molecule has 12 nitrogen and oxygen atoms in total. The van der Waals surface area contributed by atoms with Gasteiger partial charge in [-0.2, -0.15) is 5.10 Å². The molecule has 4 rings (SSSR count). The number of hydrogen-bond acceptors (Lipinski definition) is 8. The van der Waals surface area contributed by atoms with Crippen molar-refractivity contribution in [3.8, 4) is 0 Å². The molecule has 1 aliphatic carbocycles. The maximum absolute atomic E-state index is 12.7. The Morgan fingerprint density at radius 3 is 2.49 bits per heavy atom. The van der Waals surface area contributed by atoms with E-state index in [9.17, 15) is 24.5 Å². The van der Waals surface area contributed by atoms with Crippen LogP contribution in [0.25, 0.3) is 0 Å². The van der Waals surface area contributed by atoms with E-state index in [0.29, 0.717) is 47.4 Å². The number of nitro groups is 1. The highest BCUT2D eigenvalue weighted by Crippen LogP contribution is 2.29. The first-order chi connectivity index (χ1) is 16.9. The van der Waals surface area contributed by atoms with Gasteiger partial charge in [-0.15, -0.1) is 0 Å². The van der Waals surface area contributed by atoms with Gasteiger partial charge in [-0.05, 0) is 38.0 Å². The number of furan rings is 1. The standard InChI is InChI=1S/C23H20N6O6/c1-13-19-16(25-26-21(30)14-9-11-24-12-10-14)6-4-8-18(19)35-20(13)23(32)28-27-22(31)15-5-2-3-7-17(15)29(33)34/h2-3,5,7,9-12H,4,6,8H2,1H3,(H,26,30)(H,27,31)(H,28,32)/b25-16+. The predicted molar refractivity (Wildman–Crippen MR) is 123 cm³/mol. The average Bonchev–Trinajstić information content (AvgIpc) is 3.23. The molecule has 178 valence electrons. The first kappa shape index (κ1) is 23.3. The highest BCUT2D eigenvalue weighted by atomic mass is 16.6. The molecule has 1 aliphatic rings. The molecule has 0 atom stereocenters. The number of carbonyl (C=O) groups is 3. The lowest BCUT2D eigenvalue weighted by Crippen LogP contribution is -2.42. The minimum absolute atomic E-state index is 0.0343. The Morgan fingerprint density at radius 2 is 1.74 bits per heavy atom. The van der Waals surface area contributed by atoms with Crippen LogP contribution in [0.5, 0.6) is 0 Å². The Labute approximate surface area is 198 Å². The molecule has 3 aromatic rings. The number of hydrazine groups is 1. The summed E-state index contributed by atoms with van der Waals surface area (Å²) in [5.41, 5.74) is 8.42. The first-order valence-corrected chi connectivity index (χ1v) is 10.6. The van der Waals surface area contributed by atoms with E-state index in [1.807, 2.05) is 0 Å². The molecule has 1 aromatic carbocycles. The Balaban J connectivity index is 1.49. The minimum atomic E-state index is -0.847. The van der Waals surface area contributed by atoms with E-state index in [1.165, 1.54) is 36.7 Å². The summed E-state index contributed by atoms with van der Waals surface area (Å²) in [4.78, 5) is 51.7. The van der Waals surface area contributed by atoms with Gasteiger partial charge in [0.2, 0.25) is 0 Å². The van der Waals surface area contributed by atoms with Crippen molar-refractivity contribution in [2.24, 2.45) is 5.10 Å². The molecule has 2 aromatic heterocycles. The zero-order chi connectivity index (χ0) is 24.9. The molecule has 0 spiro atoms. The van der Waals surface area contributed by atoms with Gasteiger partial charge in [-0.3, -0.25) is 40.3 Å². The Kier molecular flexibility index (Phi) is 6.62. The molecule has 0 fully saturated rings. The van der Waals surface area contributed by atoms with Crippen molar-refractivity contribution in [1.29, 1.82) is 0 Å². The largest absolute Gasteiger partial charge is 0.455 e. The number of hydrazone groups is 1. The van der Waals surface area contributed by atoms with Crippen LogP contribution in [0.15, 0.2) is 58.3 Å². The third kappa shape index (κ3) is 4.90. The molecule has 3 N–H and O–H groups in total. The summed E-state index contributed by atoms with van der Waals surface area (Å²) in [7, 11) is 0. The molecule has 35 heavy (non-hydrogen) atoms. The predicted octanol–water partition coefficient (Wildman–Crippen LogP) is 2.44. The molecule has 0 unspecified atom stereocenters. The second-order valence-electron chi connectivity index (χ2n) is 7.63. The van der Waals surface area contributed by atoms with E-state index >= 15 is 0 Å². The van der Waals surface area contributed by atoms with Crippen molar-refractivity contribution in [2.75, 3.05) is 0 Å². The average molecular weight is 476 g/mol. The lowest BCUT2D eigenvalue weighted by molar-refractivity contribution is -0.385. The van der Waals surface area contributed by atoms with Crippen LogP contribution in [0.1, 0.15) is 61.0 Å². The third-order valence-corrected chi connectivity index (χ3v) is 5.40. The normalized spacial score (nSPS) is 13.6. The van der Waals surface area contributed by atoms with Gasteiger partial charge in [-0.1, -0.05) is 12.1 Å². The SMILES string of the molecule is Cc1c(C(=O)NNC(=O)c2ccccc2[N+](=O)[O-])oc2c1/C(=N/NC(=O)c1ccncc1)CCC2. The summed E-state index contributed by atoms with van der Waals surface area (Å²) in [5.74, 6) is -1.47. The van der Waals surface area contributed by atoms with Crippen molar-refractivity contribution < 1.29 is 23.7 Å². The van der Waals surface area contributed by atoms with Crippen LogP contribution in [0.3, 0.4) is 0 Å². The van der Waals surface area contributed by atoms with Crippen LogP contribution in [0.4, 0.5) is 5.69 Å². The van der Waals surface area contributed by atoms with E-state index in [1.54, 1.807) is 19.1 Å². The Bertz CT molecular complexity index is 1350. The number of rotatable bonds is 5. The van der Waals surface area contributed by atoms with Gasteiger partial charge >= 0.3 is 5.91 Å². The molecule has 0 saturated heterocycles. The monoisotopic (exact) mass is 476 g/mol. The first-order valence-electron chi connectivity index (χ1n) is 10.6. The van der Waals surface area contributed by atoms with Gasteiger partial charge in [0.05, 0.1) is 10.6 Å². The maximum Gasteiger partial charge on any atom is 0.305 e. The van der Waals surface area contributed by atoms with Crippen LogP contribution in [-0.2, 0) is 6.42 Å². The van der Waals surface area contributed by atoms with E-state index in [2.05, 4.69) is 26.4 Å². The van der Waals surface area contributed by atoms with Crippen LogP contribution in [0.2, 0.25) is 0 Å². The summed E-state index contributed by atoms with van der Waals surface area (Å²) in [6.07, 6.45) is 4.85. The molecular weight excluding hydrogens is 456 g/mol. The van der Waals surface area contributed by atoms with Crippen LogP contribution >= 0.6 is 0 Å². The molecular formula is C23H20N6O6. The number of benzene rings is 1. The van der Waals surface area contributed by atoms with Gasteiger partial charge in [0.15, 0.2) is 5.76 Å². The number of nitro benzene ring substituents is 1. The smallest absolute Gasteiger partial charge is 0.305 e. The van der Waals surface area contributed by atoms with E-state index in [4.69, 9.17) is 4.42 Å². The number of para-hydroxylation sites is 1. The van der Waals surface area contributed by atoms with Crippen LogP contribution < -0.4 is 16.3 Å². The molecule has 0 bridgehead atoms. The van der Waals surface area contributed by atoms with Crippen molar-refractivity contribution in [3.05, 3.63) is 92.7 Å². The van der Waals surface area contributed by atoms with Crippen molar-refractivity contribution in [1.82, 2.24) is 21.3 Å². The second-order valence-corrected chi connectivity index (χ2v) is 7.63. The molecule has 0 aliphatic heterocycles. The quantitative estimate of drug-likeness (QED) is 0.375. The topological polar surface area (TPSA) is 169 Å². The molecule has 12 heteroatoms. The van der Waals surface area contributed by atoms with E-state index in [-0.39, 0.29) is 11.3 Å². The van der Waals surface area contributed by atoms with Gasteiger partial charge < -0.3 is 4.42 Å². The number of nitrogens with zero attached hydrogens (tertiary/aromatic N) is 3.